The number of aryl methyl sites for hydroxylation is 1. The minimum Gasteiger partial charge on any atom is -0.243 e. The molecule has 90 valence electrons. The topological polar surface area (TPSA) is 34.1 Å². The highest BCUT2D eigenvalue weighted by Crippen LogP contribution is 2.29. The van der Waals surface area contributed by atoms with Crippen LogP contribution in [-0.4, -0.2) is 20.3 Å². The van der Waals surface area contributed by atoms with Crippen LogP contribution in [0.25, 0.3) is 0 Å². The summed E-state index contributed by atoms with van der Waals surface area (Å²) in [4.78, 5) is -0.563. The van der Waals surface area contributed by atoms with Gasteiger partial charge in [0.05, 0.1) is 4.90 Å². The number of rotatable bonds is 4. The maximum absolute atomic E-state index is 12.8. The first-order valence-corrected chi connectivity index (χ1v) is 6.11. The van der Waals surface area contributed by atoms with Crippen LogP contribution in [0, 0.1) is 0 Å². The van der Waals surface area contributed by atoms with Crippen molar-refractivity contribution in [2.45, 2.75) is 23.5 Å². The van der Waals surface area contributed by atoms with Gasteiger partial charge in [-0.2, -0.15) is 8.78 Å². The molecule has 0 saturated heterocycles. The van der Waals surface area contributed by atoms with Crippen molar-refractivity contribution < 1.29 is 21.6 Å². The second-order valence-electron chi connectivity index (χ2n) is 3.27. The number of alkyl halides is 3. The largest absolute Gasteiger partial charge is 0.377 e. The number of sulfone groups is 1. The quantitative estimate of drug-likeness (QED) is 0.825. The van der Waals surface area contributed by atoms with E-state index in [1.54, 1.807) is 0 Å². The van der Waals surface area contributed by atoms with Crippen molar-refractivity contribution in [2.24, 2.45) is 0 Å². The normalized spacial score (nSPS) is 12.8. The maximum Gasteiger partial charge on any atom is 0.377 e. The van der Waals surface area contributed by atoms with Crippen LogP contribution in [0.5, 0.6) is 0 Å². The first-order chi connectivity index (χ1) is 7.35. The summed E-state index contributed by atoms with van der Waals surface area (Å²) in [6, 6.07) is 5.00. The Labute approximate surface area is 92.0 Å². The maximum atomic E-state index is 12.8. The Hall–Kier alpha value is -1.04. The fraction of sp³-hybridized carbons (Fsp3) is 0.400. The van der Waals surface area contributed by atoms with Crippen LogP contribution in [0.4, 0.5) is 13.2 Å². The van der Waals surface area contributed by atoms with Crippen LogP contribution in [0.1, 0.15) is 12.5 Å². The molecule has 0 aliphatic heterocycles. The molecule has 16 heavy (non-hydrogen) atoms. The van der Waals surface area contributed by atoms with Crippen molar-refractivity contribution in [3.8, 4) is 0 Å². The Morgan fingerprint density at radius 2 is 1.69 bits per heavy atom. The Kier molecular flexibility index (Phi) is 3.62. The number of benzene rings is 1. The first kappa shape index (κ1) is 13.0. The highest BCUT2D eigenvalue weighted by atomic mass is 32.2. The van der Waals surface area contributed by atoms with Gasteiger partial charge in [0.25, 0.3) is 0 Å². The van der Waals surface area contributed by atoms with Gasteiger partial charge in [-0.25, -0.2) is 12.8 Å². The van der Waals surface area contributed by atoms with E-state index in [0.717, 1.165) is 17.7 Å². The van der Waals surface area contributed by atoms with E-state index in [1.807, 2.05) is 6.92 Å². The van der Waals surface area contributed by atoms with Gasteiger partial charge < -0.3 is 0 Å². The molecule has 0 aliphatic rings. The molecule has 0 fully saturated rings. The van der Waals surface area contributed by atoms with E-state index in [0.29, 0.717) is 6.42 Å². The smallest absolute Gasteiger partial charge is 0.243 e. The van der Waals surface area contributed by atoms with E-state index in [4.69, 9.17) is 0 Å². The summed E-state index contributed by atoms with van der Waals surface area (Å²) in [6.45, 7) is -0.370. The van der Waals surface area contributed by atoms with Gasteiger partial charge in [-0.05, 0) is 24.1 Å². The van der Waals surface area contributed by atoms with Crippen LogP contribution < -0.4 is 0 Å². The third kappa shape index (κ3) is 2.21. The molecule has 1 aromatic rings. The summed E-state index contributed by atoms with van der Waals surface area (Å²) in [6.07, 6.45) is 0.666. The summed E-state index contributed by atoms with van der Waals surface area (Å²) in [5, 5.41) is -4.36. The van der Waals surface area contributed by atoms with Gasteiger partial charge in [-0.15, -0.1) is 0 Å². The summed E-state index contributed by atoms with van der Waals surface area (Å²) < 4.78 is 60.2. The molecule has 1 rings (SSSR count). The molecule has 1 aromatic carbocycles. The standard InChI is InChI=1S/C10H11F3O2S/c1-2-8-3-5-9(6-4-8)16(14,15)10(12,13)7-11/h3-6H,2,7H2,1H3. The summed E-state index contributed by atoms with van der Waals surface area (Å²) in [7, 11) is -4.92. The molecule has 0 atom stereocenters. The van der Waals surface area contributed by atoms with Crippen LogP contribution in [0.3, 0.4) is 0 Å². The molecule has 0 spiro atoms. The van der Waals surface area contributed by atoms with Gasteiger partial charge in [-0.1, -0.05) is 19.1 Å². The number of hydrogen-bond donors (Lipinski definition) is 0. The third-order valence-corrected chi connectivity index (χ3v) is 3.98. The minimum atomic E-state index is -4.92. The van der Waals surface area contributed by atoms with Gasteiger partial charge in [0.2, 0.25) is 9.84 Å². The van der Waals surface area contributed by atoms with E-state index in [-0.39, 0.29) is 0 Å². The molecule has 0 aromatic heterocycles. The van der Waals surface area contributed by atoms with Gasteiger partial charge in [0.1, 0.15) is 0 Å². The molecular weight excluding hydrogens is 241 g/mol. The van der Waals surface area contributed by atoms with E-state index in [1.165, 1.54) is 12.1 Å². The molecule has 0 amide bonds. The molecule has 2 nitrogen and oxygen atoms in total. The Morgan fingerprint density at radius 1 is 1.19 bits per heavy atom. The Morgan fingerprint density at radius 3 is 2.06 bits per heavy atom. The van der Waals surface area contributed by atoms with Crippen molar-refractivity contribution in [2.75, 3.05) is 6.67 Å². The predicted molar refractivity (Wildman–Crippen MR) is 53.9 cm³/mol. The molecule has 0 aliphatic carbocycles. The van der Waals surface area contributed by atoms with Crippen molar-refractivity contribution in [1.29, 1.82) is 0 Å². The molecule has 0 unspecified atom stereocenters. The van der Waals surface area contributed by atoms with Gasteiger partial charge in [0.15, 0.2) is 6.67 Å². The highest BCUT2D eigenvalue weighted by molar-refractivity contribution is 7.92. The zero-order valence-electron chi connectivity index (χ0n) is 8.58. The molecule has 0 bridgehead atoms. The summed E-state index contributed by atoms with van der Waals surface area (Å²) in [5.41, 5.74) is 0.822. The summed E-state index contributed by atoms with van der Waals surface area (Å²) in [5.74, 6) is 0. The fourth-order valence-corrected chi connectivity index (χ4v) is 2.13. The van der Waals surface area contributed by atoms with E-state index in [9.17, 15) is 21.6 Å². The highest BCUT2D eigenvalue weighted by Gasteiger charge is 2.46. The lowest BCUT2D eigenvalue weighted by atomic mass is 10.2. The summed E-state index contributed by atoms with van der Waals surface area (Å²) >= 11 is 0. The average Bonchev–Trinajstić information content (AvgIpc) is 2.29. The first-order valence-electron chi connectivity index (χ1n) is 4.62. The molecule has 0 N–H and O–H groups in total. The molecule has 0 radical (unpaired) electrons. The zero-order chi connectivity index (χ0) is 12.4. The molecule has 0 heterocycles. The monoisotopic (exact) mass is 252 g/mol. The Balaban J connectivity index is 3.18. The molecule has 0 saturated carbocycles. The van der Waals surface area contributed by atoms with E-state index in [2.05, 4.69) is 0 Å². The zero-order valence-corrected chi connectivity index (χ0v) is 9.40. The third-order valence-electron chi connectivity index (χ3n) is 2.19. The van der Waals surface area contributed by atoms with Crippen LogP contribution in [0.2, 0.25) is 0 Å². The minimum absolute atomic E-state index is 0.563. The second-order valence-corrected chi connectivity index (χ2v) is 5.35. The molecular formula is C10H11F3O2S. The van der Waals surface area contributed by atoms with E-state index >= 15 is 0 Å². The Bertz CT molecular complexity index is 451. The SMILES string of the molecule is CCc1ccc(S(=O)(=O)C(F)(F)CF)cc1. The van der Waals surface area contributed by atoms with Gasteiger partial charge in [0, 0.05) is 0 Å². The van der Waals surface area contributed by atoms with Gasteiger partial charge >= 0.3 is 5.25 Å². The second kappa shape index (κ2) is 4.45. The number of halogens is 3. The predicted octanol–water partition coefficient (Wildman–Crippen LogP) is 2.59. The van der Waals surface area contributed by atoms with E-state index < -0.39 is 26.7 Å². The van der Waals surface area contributed by atoms with Crippen molar-refractivity contribution in [3.05, 3.63) is 29.8 Å². The average molecular weight is 252 g/mol. The van der Waals surface area contributed by atoms with Crippen molar-refractivity contribution in [3.63, 3.8) is 0 Å². The van der Waals surface area contributed by atoms with Crippen LogP contribution >= 0.6 is 0 Å². The lowest BCUT2D eigenvalue weighted by Gasteiger charge is -2.13. The lowest BCUT2D eigenvalue weighted by Crippen LogP contribution is -2.31. The van der Waals surface area contributed by atoms with Crippen LogP contribution in [0.15, 0.2) is 29.2 Å². The van der Waals surface area contributed by atoms with Crippen molar-refractivity contribution in [1.82, 2.24) is 0 Å². The number of hydrogen-bond acceptors (Lipinski definition) is 2. The molecule has 6 heteroatoms. The van der Waals surface area contributed by atoms with Crippen LogP contribution in [-0.2, 0) is 16.3 Å². The van der Waals surface area contributed by atoms with Crippen molar-refractivity contribution >= 4 is 9.84 Å². The van der Waals surface area contributed by atoms with Gasteiger partial charge in [-0.3, -0.25) is 0 Å². The lowest BCUT2D eigenvalue weighted by molar-refractivity contribution is 0.0620. The fourth-order valence-electron chi connectivity index (χ4n) is 1.15.